The molecule has 0 aliphatic carbocycles. The monoisotopic (exact) mass is 316 g/mol. The first-order chi connectivity index (χ1) is 8.30. The van der Waals surface area contributed by atoms with Crippen LogP contribution < -0.4 is 4.74 Å². The van der Waals surface area contributed by atoms with Gasteiger partial charge in [-0.2, -0.15) is 13.9 Å². The number of rotatable bonds is 3. The summed E-state index contributed by atoms with van der Waals surface area (Å²) in [5.41, 5.74) is 0.0663. The van der Waals surface area contributed by atoms with Gasteiger partial charge in [0.05, 0.1) is 11.7 Å². The van der Waals surface area contributed by atoms with Crippen LogP contribution in [0.3, 0.4) is 0 Å². The van der Waals surface area contributed by atoms with Gasteiger partial charge in [0, 0.05) is 10.7 Å². The average Bonchev–Trinajstić information content (AvgIpc) is 2.65. The number of alkyl halides is 2. The van der Waals surface area contributed by atoms with Crippen molar-refractivity contribution in [3.8, 4) is 5.75 Å². The van der Waals surface area contributed by atoms with E-state index in [-0.39, 0.29) is 21.3 Å². The fourth-order valence-corrected chi connectivity index (χ4v) is 2.53. The molecule has 2 rings (SSSR count). The maximum atomic E-state index is 12.1. The van der Waals surface area contributed by atoms with Crippen molar-refractivity contribution in [2.75, 3.05) is 0 Å². The number of hydrogen-bond donors (Lipinski definition) is 0. The zero-order valence-corrected chi connectivity index (χ0v) is 10.7. The lowest BCUT2D eigenvalue weighted by Crippen LogP contribution is -2.04. The van der Waals surface area contributed by atoms with Crippen LogP contribution in [0.4, 0.5) is 8.78 Å². The summed E-state index contributed by atoms with van der Waals surface area (Å²) >= 11 is 5.75. The zero-order valence-electron chi connectivity index (χ0n) is 8.35. The van der Waals surface area contributed by atoms with E-state index < -0.39 is 15.7 Å². The highest BCUT2D eigenvalue weighted by molar-refractivity contribution is 8.13. The third-order valence-electron chi connectivity index (χ3n) is 2.03. The molecule has 0 radical (unpaired) electrons. The summed E-state index contributed by atoms with van der Waals surface area (Å²) in [6.07, 6.45) is 0.968. The van der Waals surface area contributed by atoms with Gasteiger partial charge in [0.1, 0.15) is 4.90 Å². The minimum absolute atomic E-state index is 0.0663. The Hall–Kier alpha value is -1.12. The molecule has 0 saturated heterocycles. The minimum Gasteiger partial charge on any atom is -0.432 e. The maximum Gasteiger partial charge on any atom is 0.387 e. The molecule has 98 valence electrons. The topological polar surface area (TPSA) is 60.7 Å². The van der Waals surface area contributed by atoms with Crippen molar-refractivity contribution in [2.45, 2.75) is 11.5 Å². The third-order valence-corrected chi connectivity index (χ3v) is 3.72. The molecule has 0 bridgehead atoms. The van der Waals surface area contributed by atoms with Crippen LogP contribution in [0.2, 0.25) is 5.15 Å². The van der Waals surface area contributed by atoms with Crippen LogP contribution in [0.5, 0.6) is 5.75 Å². The fraction of sp³-hybridized carbons (Fsp3) is 0.125. The van der Waals surface area contributed by atoms with Crippen molar-refractivity contribution >= 4 is 36.9 Å². The summed E-state index contributed by atoms with van der Waals surface area (Å²) in [5, 5.41) is 3.37. The number of nitrogens with zero attached hydrogens (tertiary/aromatic N) is 2. The summed E-state index contributed by atoms with van der Waals surface area (Å²) in [6.45, 7) is -3.05. The van der Waals surface area contributed by atoms with E-state index in [2.05, 4.69) is 9.84 Å². The molecule has 18 heavy (non-hydrogen) atoms. The Morgan fingerprint density at radius 1 is 1.39 bits per heavy atom. The van der Waals surface area contributed by atoms with E-state index in [0.29, 0.717) is 0 Å². The molecule has 0 saturated carbocycles. The van der Waals surface area contributed by atoms with E-state index in [1.165, 1.54) is 6.07 Å². The van der Waals surface area contributed by atoms with E-state index in [4.69, 9.17) is 22.3 Å². The molecular formula is C8H4Cl2F2N2O3S. The van der Waals surface area contributed by atoms with Crippen LogP contribution >= 0.6 is 22.3 Å². The normalized spacial score (nSPS) is 12.3. The van der Waals surface area contributed by atoms with Gasteiger partial charge in [0.25, 0.3) is 9.05 Å². The predicted octanol–water partition coefficient (Wildman–Crippen LogP) is 2.52. The highest BCUT2D eigenvalue weighted by atomic mass is 35.7. The van der Waals surface area contributed by atoms with Gasteiger partial charge in [-0.05, 0) is 12.1 Å². The van der Waals surface area contributed by atoms with E-state index >= 15 is 0 Å². The second kappa shape index (κ2) is 4.52. The summed E-state index contributed by atoms with van der Waals surface area (Å²) < 4.78 is 51.6. The van der Waals surface area contributed by atoms with Crippen molar-refractivity contribution in [2.24, 2.45) is 0 Å². The standard InChI is InChI=1S/C8H4Cl2F2N2O3S/c9-7-5(17-8(11)12)2-1-4-6(18(10,15)16)3-13-14(4)7/h1-3,8H. The molecule has 0 unspecified atom stereocenters. The number of halogens is 4. The molecule has 2 aromatic heterocycles. The lowest BCUT2D eigenvalue weighted by Gasteiger charge is -2.07. The second-order valence-corrected chi connectivity index (χ2v) is 6.00. The molecule has 0 aliphatic heterocycles. The van der Waals surface area contributed by atoms with Gasteiger partial charge in [-0.25, -0.2) is 12.9 Å². The number of ether oxygens (including phenoxy) is 1. The number of hydrogen-bond acceptors (Lipinski definition) is 4. The van der Waals surface area contributed by atoms with E-state index in [1.807, 2.05) is 0 Å². The minimum atomic E-state index is -4.00. The first-order valence-corrected chi connectivity index (χ1v) is 7.05. The molecule has 0 fully saturated rings. The van der Waals surface area contributed by atoms with Crippen molar-refractivity contribution in [1.29, 1.82) is 0 Å². The summed E-state index contributed by atoms with van der Waals surface area (Å²) in [6, 6.07) is 2.32. The third kappa shape index (κ3) is 2.36. The van der Waals surface area contributed by atoms with Gasteiger partial charge >= 0.3 is 6.61 Å². The molecule has 0 amide bonds. The molecule has 0 atom stereocenters. The molecule has 5 nitrogen and oxygen atoms in total. The lowest BCUT2D eigenvalue weighted by atomic mass is 10.4. The predicted molar refractivity (Wildman–Crippen MR) is 59.9 cm³/mol. The van der Waals surface area contributed by atoms with Crippen molar-refractivity contribution in [3.63, 3.8) is 0 Å². The quantitative estimate of drug-likeness (QED) is 0.645. The highest BCUT2D eigenvalue weighted by Crippen LogP contribution is 2.30. The van der Waals surface area contributed by atoms with Crippen molar-refractivity contribution in [3.05, 3.63) is 23.5 Å². The smallest absolute Gasteiger partial charge is 0.387 e. The van der Waals surface area contributed by atoms with Crippen molar-refractivity contribution in [1.82, 2.24) is 9.61 Å². The van der Waals surface area contributed by atoms with Crippen molar-refractivity contribution < 1.29 is 21.9 Å². The molecule has 0 spiro atoms. The Bertz CT molecular complexity index is 702. The van der Waals surface area contributed by atoms with Gasteiger partial charge in [0.15, 0.2) is 10.9 Å². The molecule has 10 heteroatoms. The number of fused-ring (bicyclic) bond motifs is 1. The molecular weight excluding hydrogens is 313 g/mol. The molecule has 2 heterocycles. The fourth-order valence-electron chi connectivity index (χ4n) is 1.35. The van der Waals surface area contributed by atoms with Crippen LogP contribution in [0, 0.1) is 0 Å². The molecule has 0 aromatic carbocycles. The second-order valence-electron chi connectivity index (χ2n) is 3.11. The Morgan fingerprint density at radius 2 is 2.06 bits per heavy atom. The maximum absolute atomic E-state index is 12.1. The zero-order chi connectivity index (χ0) is 13.5. The SMILES string of the molecule is O=S(=O)(Cl)c1cnn2c(Cl)c(OC(F)F)ccc12. The van der Waals surface area contributed by atoms with Crippen LogP contribution in [-0.2, 0) is 9.05 Å². The lowest BCUT2D eigenvalue weighted by molar-refractivity contribution is -0.0500. The van der Waals surface area contributed by atoms with Crippen LogP contribution in [0.1, 0.15) is 0 Å². The Balaban J connectivity index is 2.65. The Labute approximate surface area is 109 Å². The van der Waals surface area contributed by atoms with Gasteiger partial charge in [-0.15, -0.1) is 0 Å². The average molecular weight is 317 g/mol. The van der Waals surface area contributed by atoms with Crippen LogP contribution in [-0.4, -0.2) is 24.6 Å². The van der Waals surface area contributed by atoms with E-state index in [0.717, 1.165) is 16.8 Å². The van der Waals surface area contributed by atoms with Gasteiger partial charge in [0.2, 0.25) is 0 Å². The first-order valence-electron chi connectivity index (χ1n) is 4.36. The number of aromatic nitrogens is 2. The first kappa shape index (κ1) is 13.3. The molecule has 2 aromatic rings. The van der Waals surface area contributed by atoms with Crippen LogP contribution in [0.25, 0.3) is 5.52 Å². The number of pyridine rings is 1. The Kier molecular flexibility index (Phi) is 3.35. The molecule has 0 aliphatic rings. The van der Waals surface area contributed by atoms with Gasteiger partial charge < -0.3 is 4.74 Å². The van der Waals surface area contributed by atoms with Gasteiger partial charge in [-0.1, -0.05) is 11.6 Å². The van der Waals surface area contributed by atoms with Crippen LogP contribution in [0.15, 0.2) is 23.2 Å². The Morgan fingerprint density at radius 3 is 2.61 bits per heavy atom. The largest absolute Gasteiger partial charge is 0.432 e. The highest BCUT2D eigenvalue weighted by Gasteiger charge is 2.20. The van der Waals surface area contributed by atoms with E-state index in [1.54, 1.807) is 0 Å². The summed E-state index contributed by atoms with van der Waals surface area (Å²) in [5.74, 6) is -0.319. The van der Waals surface area contributed by atoms with Gasteiger partial charge in [-0.3, -0.25) is 0 Å². The van der Waals surface area contributed by atoms with E-state index in [9.17, 15) is 17.2 Å². The molecule has 0 N–H and O–H groups in total. The summed E-state index contributed by atoms with van der Waals surface area (Å²) in [4.78, 5) is -0.269. The summed E-state index contributed by atoms with van der Waals surface area (Å²) in [7, 11) is 1.18.